The van der Waals surface area contributed by atoms with Crippen molar-refractivity contribution in [2.45, 2.75) is 24.9 Å². The molecule has 1 saturated carbocycles. The second-order valence-corrected chi connectivity index (χ2v) is 7.75. The predicted molar refractivity (Wildman–Crippen MR) is 82.5 cm³/mol. The summed E-state index contributed by atoms with van der Waals surface area (Å²) in [6.07, 6.45) is 2.35. The van der Waals surface area contributed by atoms with Crippen LogP contribution in [0.3, 0.4) is 0 Å². The van der Waals surface area contributed by atoms with E-state index in [4.69, 9.17) is 16.3 Å². The molecule has 1 aromatic heterocycles. The highest BCUT2D eigenvalue weighted by molar-refractivity contribution is 6.29. The second kappa shape index (κ2) is 4.24. The summed E-state index contributed by atoms with van der Waals surface area (Å²) >= 11 is 6.00. The van der Waals surface area contributed by atoms with Crippen molar-refractivity contribution in [1.29, 1.82) is 0 Å². The lowest BCUT2D eigenvalue weighted by molar-refractivity contribution is -0.00447. The van der Waals surface area contributed by atoms with Crippen LogP contribution in [-0.2, 0) is 11.3 Å². The van der Waals surface area contributed by atoms with Crippen molar-refractivity contribution in [3.8, 4) is 0 Å². The van der Waals surface area contributed by atoms with Crippen LogP contribution in [0.4, 0.5) is 5.82 Å². The van der Waals surface area contributed by atoms with Gasteiger partial charge in [-0.3, -0.25) is 9.47 Å². The highest BCUT2D eigenvalue weighted by Gasteiger charge is 2.68. The van der Waals surface area contributed by atoms with E-state index >= 15 is 0 Å². The zero-order valence-corrected chi connectivity index (χ0v) is 13.2. The fourth-order valence-electron chi connectivity index (χ4n) is 5.20. The highest BCUT2D eigenvalue weighted by Crippen LogP contribution is 2.63. The first-order valence-corrected chi connectivity index (χ1v) is 8.32. The summed E-state index contributed by atoms with van der Waals surface area (Å²) in [6, 6.07) is 1.85. The van der Waals surface area contributed by atoms with Gasteiger partial charge in [-0.25, -0.2) is 4.79 Å². The van der Waals surface area contributed by atoms with Crippen molar-refractivity contribution in [3.05, 3.63) is 21.7 Å². The lowest BCUT2D eigenvalue weighted by Crippen LogP contribution is -2.54. The Balaban J connectivity index is 1.42. The molecule has 2 bridgehead atoms. The number of halogens is 1. The molecule has 6 nitrogen and oxygen atoms in total. The Labute approximate surface area is 133 Å². The smallest absolute Gasteiger partial charge is 0.350 e. The number of morpholine rings is 1. The molecule has 0 atom stereocenters. The molecule has 0 radical (unpaired) electrons. The van der Waals surface area contributed by atoms with E-state index in [2.05, 4.69) is 14.8 Å². The minimum atomic E-state index is -0.211. The number of fused-ring (bicyclic) bond motifs is 1. The van der Waals surface area contributed by atoms with Crippen molar-refractivity contribution in [2.24, 2.45) is 5.41 Å². The lowest BCUT2D eigenvalue weighted by Gasteiger charge is -2.47. The standard InChI is InChI=1S/C15H19ClN4O2/c16-11-5-12-19(13(21)17-11)10-15-6-14(7-15,9-20(12)15)8-18-1-3-22-4-2-18/h5H,1-4,6-10H2. The van der Waals surface area contributed by atoms with E-state index in [0.717, 1.165) is 51.8 Å². The molecule has 5 heterocycles. The summed E-state index contributed by atoms with van der Waals surface area (Å²) < 4.78 is 7.24. The van der Waals surface area contributed by atoms with Gasteiger partial charge in [0.15, 0.2) is 0 Å². The maximum absolute atomic E-state index is 12.0. The molecule has 1 aromatic rings. The molecule has 6 rings (SSSR count). The van der Waals surface area contributed by atoms with Crippen LogP contribution in [0, 0.1) is 5.41 Å². The zero-order chi connectivity index (χ0) is 14.9. The number of nitrogens with zero attached hydrogens (tertiary/aromatic N) is 4. The average Bonchev–Trinajstić information content (AvgIpc) is 3.02. The van der Waals surface area contributed by atoms with Crippen LogP contribution in [0.25, 0.3) is 0 Å². The number of anilines is 1. The Kier molecular flexibility index (Phi) is 2.57. The molecule has 0 amide bonds. The zero-order valence-electron chi connectivity index (χ0n) is 12.4. The summed E-state index contributed by atoms with van der Waals surface area (Å²) in [5.74, 6) is 0.964. The summed E-state index contributed by atoms with van der Waals surface area (Å²) in [6.45, 7) is 6.74. The third-order valence-electron chi connectivity index (χ3n) is 5.82. The second-order valence-electron chi connectivity index (χ2n) is 7.36. The van der Waals surface area contributed by atoms with Gasteiger partial charge in [-0.1, -0.05) is 11.6 Å². The minimum absolute atomic E-state index is 0.144. The first-order valence-electron chi connectivity index (χ1n) is 7.95. The average molecular weight is 323 g/mol. The summed E-state index contributed by atoms with van der Waals surface area (Å²) in [4.78, 5) is 20.8. The lowest BCUT2D eigenvalue weighted by atomic mass is 9.61. The van der Waals surface area contributed by atoms with E-state index in [1.807, 2.05) is 6.07 Å². The third kappa shape index (κ3) is 1.69. The Hall–Kier alpha value is -1.11. The van der Waals surface area contributed by atoms with Crippen LogP contribution in [-0.4, -0.2) is 59.4 Å². The number of ether oxygens (including phenoxy) is 1. The number of hydrogen-bond acceptors (Lipinski definition) is 5. The van der Waals surface area contributed by atoms with Crippen molar-refractivity contribution >= 4 is 17.4 Å². The maximum Gasteiger partial charge on any atom is 0.350 e. The topological polar surface area (TPSA) is 50.6 Å². The fourth-order valence-corrected chi connectivity index (χ4v) is 5.37. The normalized spacial score (nSPS) is 36.1. The number of hydrogen-bond donors (Lipinski definition) is 0. The van der Waals surface area contributed by atoms with Crippen LogP contribution < -0.4 is 10.6 Å². The van der Waals surface area contributed by atoms with E-state index in [0.29, 0.717) is 10.6 Å². The highest BCUT2D eigenvalue weighted by atomic mass is 35.5. The van der Waals surface area contributed by atoms with Gasteiger partial charge in [-0.05, 0) is 12.8 Å². The van der Waals surface area contributed by atoms with Crippen molar-refractivity contribution in [3.63, 3.8) is 0 Å². The third-order valence-corrected chi connectivity index (χ3v) is 6.02. The summed E-state index contributed by atoms with van der Waals surface area (Å²) in [5, 5.41) is 0.305. The van der Waals surface area contributed by atoms with Gasteiger partial charge in [0.2, 0.25) is 0 Å². The van der Waals surface area contributed by atoms with Gasteiger partial charge >= 0.3 is 5.69 Å². The van der Waals surface area contributed by atoms with Crippen molar-refractivity contribution in [2.75, 3.05) is 44.3 Å². The Morgan fingerprint density at radius 2 is 2.05 bits per heavy atom. The quantitative estimate of drug-likeness (QED) is 0.746. The molecule has 4 fully saturated rings. The summed E-state index contributed by atoms with van der Waals surface area (Å²) in [5.41, 5.74) is 0.316. The molecular weight excluding hydrogens is 304 g/mol. The van der Waals surface area contributed by atoms with E-state index in [1.54, 1.807) is 4.57 Å². The molecule has 0 aromatic carbocycles. The minimum Gasteiger partial charge on any atom is -0.379 e. The Bertz CT molecular complexity index is 691. The monoisotopic (exact) mass is 322 g/mol. The maximum atomic E-state index is 12.0. The molecule has 0 unspecified atom stereocenters. The molecular formula is C15H19ClN4O2. The SMILES string of the molecule is O=c1nc(Cl)cc2n1CC13CC(CN4CCOCC4)(CN21)C3. The number of aromatic nitrogens is 2. The van der Waals surface area contributed by atoms with E-state index < -0.39 is 0 Å². The molecule has 1 aliphatic carbocycles. The van der Waals surface area contributed by atoms with Gasteiger partial charge in [0, 0.05) is 37.7 Å². The van der Waals surface area contributed by atoms with Gasteiger partial charge < -0.3 is 9.64 Å². The fraction of sp³-hybridized carbons (Fsp3) is 0.733. The van der Waals surface area contributed by atoms with Crippen molar-refractivity contribution < 1.29 is 4.74 Å². The van der Waals surface area contributed by atoms with Gasteiger partial charge in [-0.2, -0.15) is 4.98 Å². The van der Waals surface area contributed by atoms with E-state index in [-0.39, 0.29) is 11.2 Å². The van der Waals surface area contributed by atoms with Crippen LogP contribution >= 0.6 is 11.6 Å². The van der Waals surface area contributed by atoms with Crippen LogP contribution in [0.5, 0.6) is 0 Å². The molecule has 3 saturated heterocycles. The molecule has 4 aliphatic heterocycles. The van der Waals surface area contributed by atoms with E-state index in [1.165, 1.54) is 12.8 Å². The molecule has 1 spiro atoms. The first-order chi connectivity index (χ1) is 10.6. The summed E-state index contributed by atoms with van der Waals surface area (Å²) in [7, 11) is 0. The predicted octanol–water partition coefficient (Wildman–Crippen LogP) is 0.581. The van der Waals surface area contributed by atoms with Crippen LogP contribution in [0.2, 0.25) is 5.15 Å². The van der Waals surface area contributed by atoms with Gasteiger partial charge in [0.05, 0.1) is 25.3 Å². The largest absolute Gasteiger partial charge is 0.379 e. The Morgan fingerprint density at radius 3 is 2.82 bits per heavy atom. The molecule has 7 heteroatoms. The first kappa shape index (κ1) is 13.3. The van der Waals surface area contributed by atoms with Gasteiger partial charge in [0.25, 0.3) is 0 Å². The van der Waals surface area contributed by atoms with Crippen LogP contribution in [0.1, 0.15) is 12.8 Å². The molecule has 22 heavy (non-hydrogen) atoms. The number of rotatable bonds is 2. The Morgan fingerprint density at radius 1 is 1.27 bits per heavy atom. The van der Waals surface area contributed by atoms with E-state index in [9.17, 15) is 4.79 Å². The van der Waals surface area contributed by atoms with Crippen LogP contribution in [0.15, 0.2) is 10.9 Å². The van der Waals surface area contributed by atoms with Gasteiger partial charge in [-0.15, -0.1) is 0 Å². The molecule has 5 aliphatic rings. The molecule has 0 N–H and O–H groups in total. The van der Waals surface area contributed by atoms with Crippen molar-refractivity contribution in [1.82, 2.24) is 14.5 Å². The molecule has 118 valence electrons. The van der Waals surface area contributed by atoms with Gasteiger partial charge in [0.1, 0.15) is 11.0 Å².